The highest BCUT2D eigenvalue weighted by molar-refractivity contribution is 5.75. The number of aliphatic carboxylic acids is 1. The van der Waals surface area contributed by atoms with Crippen LogP contribution in [0.1, 0.15) is 31.4 Å². The van der Waals surface area contributed by atoms with Crippen molar-refractivity contribution < 1.29 is 14.7 Å². The number of amides is 2. The van der Waals surface area contributed by atoms with E-state index in [0.717, 1.165) is 11.1 Å². The van der Waals surface area contributed by atoms with Crippen LogP contribution >= 0.6 is 0 Å². The lowest BCUT2D eigenvalue weighted by Gasteiger charge is -2.16. The van der Waals surface area contributed by atoms with Gasteiger partial charge in [-0.2, -0.15) is 0 Å². The van der Waals surface area contributed by atoms with Gasteiger partial charge in [0.25, 0.3) is 0 Å². The molecular weight excluding hydrogens is 268 g/mol. The van der Waals surface area contributed by atoms with Gasteiger partial charge in [0.05, 0.1) is 5.92 Å². The summed E-state index contributed by atoms with van der Waals surface area (Å²) in [5, 5.41) is 14.5. The highest BCUT2D eigenvalue weighted by Gasteiger charge is 2.19. The van der Waals surface area contributed by atoms with E-state index in [1.54, 1.807) is 0 Å². The second-order valence-electron chi connectivity index (χ2n) is 5.65. The van der Waals surface area contributed by atoms with Crippen LogP contribution in [-0.2, 0) is 11.3 Å². The van der Waals surface area contributed by atoms with Crippen LogP contribution in [-0.4, -0.2) is 23.7 Å². The van der Waals surface area contributed by atoms with Gasteiger partial charge in [-0.1, -0.05) is 38.1 Å². The SMILES string of the molecule is Cc1ccccc1CNC(=O)NCC(CC(C)C)C(=O)O. The van der Waals surface area contributed by atoms with Crippen LogP contribution in [0.25, 0.3) is 0 Å². The molecule has 3 N–H and O–H groups in total. The van der Waals surface area contributed by atoms with E-state index in [1.807, 2.05) is 45.0 Å². The zero-order chi connectivity index (χ0) is 15.8. The zero-order valence-electron chi connectivity index (χ0n) is 12.8. The van der Waals surface area contributed by atoms with E-state index in [4.69, 9.17) is 5.11 Å². The molecule has 0 heterocycles. The molecule has 1 unspecified atom stereocenters. The molecule has 0 fully saturated rings. The molecule has 0 aliphatic carbocycles. The van der Waals surface area contributed by atoms with E-state index in [-0.39, 0.29) is 18.5 Å². The summed E-state index contributed by atoms with van der Waals surface area (Å²) in [6, 6.07) is 7.47. The quantitative estimate of drug-likeness (QED) is 0.722. The van der Waals surface area contributed by atoms with Crippen LogP contribution < -0.4 is 10.6 Å². The third-order valence-corrected chi connectivity index (χ3v) is 3.31. The topological polar surface area (TPSA) is 78.4 Å². The molecular formula is C16H24N2O3. The molecule has 116 valence electrons. The Hall–Kier alpha value is -2.04. The third kappa shape index (κ3) is 6.29. The number of hydrogen-bond acceptors (Lipinski definition) is 2. The summed E-state index contributed by atoms with van der Waals surface area (Å²) in [6.45, 7) is 6.49. The molecule has 0 bridgehead atoms. The Labute approximate surface area is 125 Å². The summed E-state index contributed by atoms with van der Waals surface area (Å²) in [5.74, 6) is -1.14. The summed E-state index contributed by atoms with van der Waals surface area (Å²) < 4.78 is 0. The van der Waals surface area contributed by atoms with E-state index < -0.39 is 11.9 Å². The van der Waals surface area contributed by atoms with Gasteiger partial charge < -0.3 is 15.7 Å². The van der Waals surface area contributed by atoms with Gasteiger partial charge in [0.1, 0.15) is 0 Å². The molecule has 0 aliphatic rings. The number of carbonyl (C=O) groups excluding carboxylic acids is 1. The standard InChI is InChI=1S/C16H24N2O3/c1-11(2)8-14(15(19)20)10-18-16(21)17-9-13-7-5-4-6-12(13)3/h4-7,11,14H,8-10H2,1-3H3,(H,19,20)(H2,17,18,21). The number of carbonyl (C=O) groups is 2. The maximum atomic E-state index is 11.7. The number of hydrogen-bond donors (Lipinski definition) is 3. The normalized spacial score (nSPS) is 12.0. The first-order chi connectivity index (χ1) is 9.90. The van der Waals surface area contributed by atoms with Crippen molar-refractivity contribution in [1.82, 2.24) is 10.6 Å². The number of benzene rings is 1. The van der Waals surface area contributed by atoms with Crippen molar-refractivity contribution in [1.29, 1.82) is 0 Å². The third-order valence-electron chi connectivity index (χ3n) is 3.31. The summed E-state index contributed by atoms with van der Waals surface area (Å²) in [4.78, 5) is 22.8. The number of nitrogens with one attached hydrogen (secondary N) is 2. The highest BCUT2D eigenvalue weighted by atomic mass is 16.4. The minimum atomic E-state index is -0.872. The number of carboxylic acid groups (broad SMARTS) is 1. The Morgan fingerprint density at radius 1 is 1.19 bits per heavy atom. The summed E-state index contributed by atoms with van der Waals surface area (Å²) in [5.41, 5.74) is 2.16. The summed E-state index contributed by atoms with van der Waals surface area (Å²) >= 11 is 0. The highest BCUT2D eigenvalue weighted by Crippen LogP contribution is 2.11. The van der Waals surface area contributed by atoms with Crippen LogP contribution in [0.15, 0.2) is 24.3 Å². The van der Waals surface area contributed by atoms with Gasteiger partial charge in [-0.15, -0.1) is 0 Å². The molecule has 0 aromatic heterocycles. The molecule has 5 nitrogen and oxygen atoms in total. The minimum Gasteiger partial charge on any atom is -0.481 e. The molecule has 0 aliphatic heterocycles. The van der Waals surface area contributed by atoms with Crippen LogP contribution in [0.4, 0.5) is 4.79 Å². The average Bonchev–Trinajstić information content (AvgIpc) is 2.41. The second kappa shape index (κ2) is 8.29. The number of rotatable bonds is 7. The second-order valence-corrected chi connectivity index (χ2v) is 5.65. The summed E-state index contributed by atoms with van der Waals surface area (Å²) in [7, 11) is 0. The molecule has 2 amide bonds. The Morgan fingerprint density at radius 3 is 2.43 bits per heavy atom. The lowest BCUT2D eigenvalue weighted by Crippen LogP contribution is -2.40. The fourth-order valence-electron chi connectivity index (χ4n) is 2.10. The molecule has 0 saturated heterocycles. The predicted octanol–water partition coefficient (Wildman–Crippen LogP) is 2.54. The average molecular weight is 292 g/mol. The molecule has 1 atom stereocenters. The van der Waals surface area contributed by atoms with Gasteiger partial charge in [-0.3, -0.25) is 4.79 Å². The predicted molar refractivity (Wildman–Crippen MR) is 82.0 cm³/mol. The van der Waals surface area contributed by atoms with Gasteiger partial charge >= 0.3 is 12.0 Å². The van der Waals surface area contributed by atoms with E-state index in [1.165, 1.54) is 0 Å². The Bertz CT molecular complexity index is 486. The van der Waals surface area contributed by atoms with E-state index >= 15 is 0 Å². The van der Waals surface area contributed by atoms with Crippen molar-refractivity contribution in [2.75, 3.05) is 6.54 Å². The lowest BCUT2D eigenvalue weighted by atomic mass is 9.97. The molecule has 1 rings (SSSR count). The Balaban J connectivity index is 2.39. The van der Waals surface area contributed by atoms with Crippen molar-refractivity contribution in [3.63, 3.8) is 0 Å². The first-order valence-electron chi connectivity index (χ1n) is 7.19. The van der Waals surface area contributed by atoms with Crippen molar-refractivity contribution in [3.8, 4) is 0 Å². The van der Waals surface area contributed by atoms with Gasteiger partial charge in [0, 0.05) is 13.1 Å². The number of urea groups is 1. The minimum absolute atomic E-state index is 0.146. The van der Waals surface area contributed by atoms with Crippen molar-refractivity contribution in [2.24, 2.45) is 11.8 Å². The monoisotopic (exact) mass is 292 g/mol. The van der Waals surface area contributed by atoms with Crippen LogP contribution in [0, 0.1) is 18.8 Å². The lowest BCUT2D eigenvalue weighted by molar-refractivity contribution is -0.142. The maximum Gasteiger partial charge on any atom is 0.315 e. The van der Waals surface area contributed by atoms with Crippen LogP contribution in [0.2, 0.25) is 0 Å². The molecule has 5 heteroatoms. The number of aryl methyl sites for hydroxylation is 1. The van der Waals surface area contributed by atoms with Crippen molar-refractivity contribution in [2.45, 2.75) is 33.7 Å². The molecule has 0 radical (unpaired) electrons. The fraction of sp³-hybridized carbons (Fsp3) is 0.500. The fourth-order valence-corrected chi connectivity index (χ4v) is 2.10. The van der Waals surface area contributed by atoms with Crippen LogP contribution in [0.3, 0.4) is 0 Å². The molecule has 1 aromatic rings. The first-order valence-corrected chi connectivity index (χ1v) is 7.19. The molecule has 1 aromatic carbocycles. The van der Waals surface area contributed by atoms with Gasteiger partial charge in [-0.05, 0) is 30.4 Å². The molecule has 0 saturated carbocycles. The Kier molecular flexibility index (Phi) is 6.72. The molecule has 0 spiro atoms. The summed E-state index contributed by atoms with van der Waals surface area (Å²) in [6.07, 6.45) is 0.549. The maximum absolute atomic E-state index is 11.7. The van der Waals surface area contributed by atoms with E-state index in [0.29, 0.717) is 13.0 Å². The Morgan fingerprint density at radius 2 is 1.86 bits per heavy atom. The zero-order valence-corrected chi connectivity index (χ0v) is 12.8. The molecule has 21 heavy (non-hydrogen) atoms. The van der Waals surface area contributed by atoms with E-state index in [2.05, 4.69) is 10.6 Å². The number of carboxylic acids is 1. The van der Waals surface area contributed by atoms with Crippen molar-refractivity contribution >= 4 is 12.0 Å². The first kappa shape index (κ1) is 17.0. The van der Waals surface area contributed by atoms with Crippen LogP contribution in [0.5, 0.6) is 0 Å². The van der Waals surface area contributed by atoms with Gasteiger partial charge in [-0.25, -0.2) is 4.79 Å². The largest absolute Gasteiger partial charge is 0.481 e. The van der Waals surface area contributed by atoms with Crippen molar-refractivity contribution in [3.05, 3.63) is 35.4 Å². The van der Waals surface area contributed by atoms with Gasteiger partial charge in [0.15, 0.2) is 0 Å². The van der Waals surface area contributed by atoms with Gasteiger partial charge in [0.2, 0.25) is 0 Å². The smallest absolute Gasteiger partial charge is 0.315 e. The van der Waals surface area contributed by atoms with E-state index in [9.17, 15) is 9.59 Å².